The second-order valence-corrected chi connectivity index (χ2v) is 15.2. The number of para-hydroxylation sites is 2. The van der Waals surface area contributed by atoms with Gasteiger partial charge in [-0.05, 0) is 51.6 Å². The van der Waals surface area contributed by atoms with Crippen LogP contribution in [0.3, 0.4) is 0 Å². The Morgan fingerprint density at radius 3 is 1.31 bits per heavy atom. The lowest BCUT2D eigenvalue weighted by atomic mass is 9.98. The van der Waals surface area contributed by atoms with Gasteiger partial charge in [0.2, 0.25) is 0 Å². The number of thiophene rings is 1. The number of nitrogens with zero attached hydrogens (tertiary/aromatic N) is 7. The lowest BCUT2D eigenvalue weighted by Crippen LogP contribution is -2.00. The largest absolute Gasteiger partial charge is 0.241 e. The monoisotopic (exact) mass is 773 g/mol. The second kappa shape index (κ2) is 14.6. The van der Waals surface area contributed by atoms with Crippen LogP contribution in [0.1, 0.15) is 0 Å². The molecule has 0 saturated carbocycles. The summed E-state index contributed by atoms with van der Waals surface area (Å²) >= 11 is 1.59. The minimum Gasteiger partial charge on any atom is -0.241 e. The van der Waals surface area contributed by atoms with Gasteiger partial charge in [0.05, 0.1) is 21.4 Å². The molecule has 0 atom stereocenters. The van der Waals surface area contributed by atoms with Crippen molar-refractivity contribution in [2.45, 2.75) is 0 Å². The van der Waals surface area contributed by atoms with Crippen LogP contribution in [-0.4, -0.2) is 34.9 Å². The Kier molecular flexibility index (Phi) is 8.52. The van der Waals surface area contributed by atoms with Crippen LogP contribution >= 0.6 is 11.3 Å². The summed E-state index contributed by atoms with van der Waals surface area (Å²) in [5.74, 6) is 1.89. The van der Waals surface area contributed by atoms with Crippen LogP contribution in [-0.2, 0) is 0 Å². The molecule has 0 N–H and O–H groups in total. The van der Waals surface area contributed by atoms with E-state index in [1.807, 2.05) is 60.7 Å². The highest BCUT2D eigenvalue weighted by atomic mass is 32.1. The van der Waals surface area contributed by atoms with E-state index in [1.54, 1.807) is 17.7 Å². The molecule has 276 valence electrons. The summed E-state index contributed by atoms with van der Waals surface area (Å²) in [5, 5.41) is 0. The predicted molar refractivity (Wildman–Crippen MR) is 239 cm³/mol. The zero-order chi connectivity index (χ0) is 39.1. The summed E-state index contributed by atoms with van der Waals surface area (Å²) in [4.78, 5) is 34.9. The Balaban J connectivity index is 0.878. The topological polar surface area (TPSA) is 90.2 Å². The van der Waals surface area contributed by atoms with Crippen molar-refractivity contribution in [3.05, 3.63) is 188 Å². The summed E-state index contributed by atoms with van der Waals surface area (Å²) in [5.41, 5.74) is 14.8. The van der Waals surface area contributed by atoms with Gasteiger partial charge in [-0.2, -0.15) is 0 Å². The number of hydrogen-bond donors (Lipinski definition) is 0. The summed E-state index contributed by atoms with van der Waals surface area (Å²) in [7, 11) is 0. The highest BCUT2D eigenvalue weighted by Gasteiger charge is 2.17. The average Bonchev–Trinajstić information content (AvgIpc) is 3.69. The third kappa shape index (κ3) is 6.57. The first-order valence-electron chi connectivity index (χ1n) is 19.3. The molecular weight excluding hydrogens is 743 g/mol. The van der Waals surface area contributed by atoms with E-state index in [0.29, 0.717) is 17.5 Å². The van der Waals surface area contributed by atoms with Crippen LogP contribution in [0.5, 0.6) is 0 Å². The quantitative estimate of drug-likeness (QED) is 0.159. The maximum atomic E-state index is 4.98. The molecule has 0 aliphatic heterocycles. The normalized spacial score (nSPS) is 11.4. The lowest BCUT2D eigenvalue weighted by molar-refractivity contribution is 1.07. The Labute approximate surface area is 343 Å². The van der Waals surface area contributed by atoms with Gasteiger partial charge in [-0.1, -0.05) is 164 Å². The smallest absolute Gasteiger partial charge is 0.164 e. The molecule has 0 radical (unpaired) electrons. The van der Waals surface area contributed by atoms with Gasteiger partial charge in [-0.25, -0.2) is 34.9 Å². The molecule has 7 nitrogen and oxygen atoms in total. The first kappa shape index (κ1) is 34.4. The van der Waals surface area contributed by atoms with E-state index in [2.05, 4.69) is 126 Å². The van der Waals surface area contributed by atoms with Gasteiger partial charge in [0, 0.05) is 22.3 Å². The molecule has 0 unspecified atom stereocenters. The molecule has 0 aliphatic rings. The van der Waals surface area contributed by atoms with E-state index >= 15 is 0 Å². The summed E-state index contributed by atoms with van der Waals surface area (Å²) in [6.07, 6.45) is 1.63. The zero-order valence-electron chi connectivity index (χ0n) is 31.4. The maximum Gasteiger partial charge on any atom is 0.164 e. The van der Waals surface area contributed by atoms with Crippen molar-refractivity contribution in [1.29, 1.82) is 0 Å². The van der Waals surface area contributed by atoms with E-state index in [9.17, 15) is 0 Å². The van der Waals surface area contributed by atoms with E-state index in [1.165, 1.54) is 5.56 Å². The van der Waals surface area contributed by atoms with Crippen LogP contribution in [0.4, 0.5) is 0 Å². The molecule has 0 amide bonds. The van der Waals surface area contributed by atoms with Gasteiger partial charge in [0.1, 0.15) is 22.2 Å². The highest BCUT2D eigenvalue weighted by Crippen LogP contribution is 2.38. The van der Waals surface area contributed by atoms with Crippen LogP contribution < -0.4 is 0 Å². The van der Waals surface area contributed by atoms with E-state index in [4.69, 9.17) is 29.9 Å². The van der Waals surface area contributed by atoms with Gasteiger partial charge in [0.15, 0.2) is 17.5 Å². The standard InChI is InChI=1S/C51H31N7S/c1-3-10-32(11-4-1)33-22-26-38(27-23-33)49-56-48(37-12-5-2-6-13-37)57-50(58-49)39-28-24-35(25-29-39)34-18-20-36(21-19-34)40-14-9-15-41(30-40)44-47-45(53-31-52-44)46-51(59-47)55-43-17-8-7-16-42(43)54-46/h1-31H. The van der Waals surface area contributed by atoms with Crippen LogP contribution in [0.2, 0.25) is 0 Å². The SMILES string of the molecule is c1ccc(-c2ccc(-c3nc(-c4ccccc4)nc(-c4ccc(-c5ccc(-c6cccc(-c7ncnc8c7sc7nc9ccccc9nc78)c6)cc5)cc4)n3)cc2)cc1. The molecule has 11 aromatic rings. The van der Waals surface area contributed by atoms with Crippen molar-refractivity contribution in [3.8, 4) is 78.8 Å². The molecule has 0 fully saturated rings. The summed E-state index contributed by atoms with van der Waals surface area (Å²) in [6, 6.07) is 62.4. The van der Waals surface area contributed by atoms with Crippen LogP contribution in [0.15, 0.2) is 188 Å². The number of hydrogen-bond acceptors (Lipinski definition) is 8. The zero-order valence-corrected chi connectivity index (χ0v) is 32.3. The fourth-order valence-corrected chi connectivity index (χ4v) is 8.55. The second-order valence-electron chi connectivity index (χ2n) is 14.2. The molecule has 0 aliphatic carbocycles. The van der Waals surface area contributed by atoms with Crippen molar-refractivity contribution in [1.82, 2.24) is 34.9 Å². The summed E-state index contributed by atoms with van der Waals surface area (Å²) in [6.45, 7) is 0. The number of aromatic nitrogens is 7. The van der Waals surface area contributed by atoms with Gasteiger partial charge >= 0.3 is 0 Å². The van der Waals surface area contributed by atoms with Crippen molar-refractivity contribution in [3.63, 3.8) is 0 Å². The molecule has 4 aromatic heterocycles. The number of rotatable bonds is 7. The van der Waals surface area contributed by atoms with Crippen molar-refractivity contribution in [2.75, 3.05) is 0 Å². The molecule has 7 aromatic carbocycles. The molecule has 0 saturated heterocycles. The lowest BCUT2D eigenvalue weighted by Gasteiger charge is -2.10. The van der Waals surface area contributed by atoms with E-state index in [0.717, 1.165) is 87.4 Å². The van der Waals surface area contributed by atoms with Crippen molar-refractivity contribution >= 4 is 42.9 Å². The fraction of sp³-hybridized carbons (Fsp3) is 0. The summed E-state index contributed by atoms with van der Waals surface area (Å²) < 4.78 is 0.982. The van der Waals surface area contributed by atoms with Gasteiger partial charge in [-0.3, -0.25) is 0 Å². The first-order valence-corrected chi connectivity index (χ1v) is 20.1. The van der Waals surface area contributed by atoms with Gasteiger partial charge < -0.3 is 0 Å². The molecule has 0 bridgehead atoms. The Morgan fingerprint density at radius 2 is 0.729 bits per heavy atom. The third-order valence-electron chi connectivity index (χ3n) is 10.5. The first-order chi connectivity index (χ1) is 29.2. The third-order valence-corrected chi connectivity index (χ3v) is 11.6. The number of benzene rings is 7. The molecule has 4 heterocycles. The Hall–Kier alpha value is -7.81. The van der Waals surface area contributed by atoms with Crippen LogP contribution in [0.25, 0.3) is 110 Å². The maximum absolute atomic E-state index is 4.98. The van der Waals surface area contributed by atoms with Gasteiger partial charge in [-0.15, -0.1) is 11.3 Å². The van der Waals surface area contributed by atoms with E-state index < -0.39 is 0 Å². The fourth-order valence-electron chi connectivity index (χ4n) is 7.46. The Morgan fingerprint density at radius 1 is 0.305 bits per heavy atom. The number of fused-ring (bicyclic) bond motifs is 4. The minimum absolute atomic E-state index is 0.625. The predicted octanol–water partition coefficient (Wildman–Crippen LogP) is 12.6. The average molecular weight is 774 g/mol. The molecule has 11 rings (SSSR count). The van der Waals surface area contributed by atoms with Crippen molar-refractivity contribution < 1.29 is 0 Å². The minimum atomic E-state index is 0.625. The highest BCUT2D eigenvalue weighted by molar-refractivity contribution is 7.25. The van der Waals surface area contributed by atoms with E-state index in [-0.39, 0.29) is 0 Å². The molecule has 8 heteroatoms. The van der Waals surface area contributed by atoms with Crippen LogP contribution in [0, 0.1) is 0 Å². The molecular formula is C51H31N7S. The molecule has 0 spiro atoms. The molecule has 59 heavy (non-hydrogen) atoms. The van der Waals surface area contributed by atoms with Crippen molar-refractivity contribution in [2.24, 2.45) is 0 Å². The van der Waals surface area contributed by atoms with Gasteiger partial charge in [0.25, 0.3) is 0 Å². The Bertz CT molecular complexity index is 3300.